The third-order valence-electron chi connectivity index (χ3n) is 6.15. The van der Waals surface area contributed by atoms with E-state index in [1.807, 2.05) is 0 Å². The average Bonchev–Trinajstić information content (AvgIpc) is 3.21. The van der Waals surface area contributed by atoms with E-state index < -0.39 is 0 Å². The lowest BCUT2D eigenvalue weighted by Crippen LogP contribution is -1.91. The summed E-state index contributed by atoms with van der Waals surface area (Å²) in [5, 5.41) is 5.25. The second kappa shape index (κ2) is 5.49. The molecule has 0 aliphatic carbocycles. The van der Waals surface area contributed by atoms with Crippen molar-refractivity contribution >= 4 is 43.6 Å². The molecule has 0 spiro atoms. The van der Waals surface area contributed by atoms with Crippen LogP contribution < -0.4 is 0 Å². The smallest absolute Gasteiger partial charge is 0.0568 e. The highest BCUT2D eigenvalue weighted by molar-refractivity contribution is 6.14. The van der Waals surface area contributed by atoms with Gasteiger partial charge in [0.1, 0.15) is 0 Å². The van der Waals surface area contributed by atoms with E-state index in [9.17, 15) is 0 Å². The second-order valence-electron chi connectivity index (χ2n) is 7.59. The molecule has 2 heteroatoms. The van der Waals surface area contributed by atoms with Gasteiger partial charge in [-0.15, -0.1) is 0 Å². The summed E-state index contributed by atoms with van der Waals surface area (Å²) in [5.74, 6) is 0. The van der Waals surface area contributed by atoms with E-state index in [1.54, 1.807) is 0 Å². The lowest BCUT2D eigenvalue weighted by atomic mass is 10.0. The van der Waals surface area contributed by atoms with Crippen LogP contribution in [0.3, 0.4) is 0 Å². The summed E-state index contributed by atoms with van der Waals surface area (Å²) >= 11 is 0. The number of hydrogen-bond acceptors (Lipinski definition) is 0. The number of para-hydroxylation sites is 3. The zero-order valence-corrected chi connectivity index (χ0v) is 16.0. The van der Waals surface area contributed by atoms with Gasteiger partial charge in [0.05, 0.1) is 5.52 Å². The van der Waals surface area contributed by atoms with Gasteiger partial charge in [0, 0.05) is 57.8 Å². The molecule has 0 unspecified atom stereocenters. The highest BCUT2D eigenvalue weighted by Gasteiger charge is 2.14. The molecule has 0 bridgehead atoms. The minimum absolute atomic E-state index is 1.26. The van der Waals surface area contributed by atoms with Crippen LogP contribution in [0.4, 0.5) is 0 Å². The summed E-state index contributed by atoms with van der Waals surface area (Å²) in [6, 6.07) is 30.8. The SMILES string of the molecule is Cn1c2ccccc2c2ccc(-c3cccc4c5ccccc5n(C)c34)cc21. The molecule has 0 radical (unpaired) electrons. The molecule has 0 fully saturated rings. The molecule has 2 nitrogen and oxygen atoms in total. The monoisotopic (exact) mass is 360 g/mol. The average molecular weight is 360 g/mol. The van der Waals surface area contributed by atoms with Crippen molar-refractivity contribution in [1.82, 2.24) is 9.13 Å². The van der Waals surface area contributed by atoms with Gasteiger partial charge in [0.25, 0.3) is 0 Å². The van der Waals surface area contributed by atoms with Crippen molar-refractivity contribution in [1.29, 1.82) is 0 Å². The Kier molecular flexibility index (Phi) is 3.05. The van der Waals surface area contributed by atoms with Gasteiger partial charge >= 0.3 is 0 Å². The Labute approximate surface area is 163 Å². The van der Waals surface area contributed by atoms with Crippen LogP contribution in [0.5, 0.6) is 0 Å². The third-order valence-corrected chi connectivity index (χ3v) is 6.15. The zero-order valence-electron chi connectivity index (χ0n) is 16.0. The summed E-state index contributed by atoms with van der Waals surface area (Å²) < 4.78 is 4.63. The van der Waals surface area contributed by atoms with Gasteiger partial charge in [-0.25, -0.2) is 0 Å². The molecule has 0 atom stereocenters. The maximum absolute atomic E-state index is 2.34. The molecule has 0 amide bonds. The molecule has 0 N–H and O–H groups in total. The van der Waals surface area contributed by atoms with Crippen molar-refractivity contribution in [2.45, 2.75) is 0 Å². The van der Waals surface area contributed by atoms with Crippen LogP contribution in [-0.2, 0) is 14.1 Å². The number of fused-ring (bicyclic) bond motifs is 6. The van der Waals surface area contributed by atoms with Gasteiger partial charge in [-0.3, -0.25) is 0 Å². The largest absolute Gasteiger partial charge is 0.344 e. The van der Waals surface area contributed by atoms with Crippen molar-refractivity contribution in [2.24, 2.45) is 14.1 Å². The molecular weight excluding hydrogens is 340 g/mol. The van der Waals surface area contributed by atoms with Gasteiger partial charge in [0.15, 0.2) is 0 Å². The molecule has 0 saturated carbocycles. The Bertz CT molecular complexity index is 1530. The number of aromatic nitrogens is 2. The fourth-order valence-corrected chi connectivity index (χ4v) is 4.80. The van der Waals surface area contributed by atoms with Crippen molar-refractivity contribution in [3.63, 3.8) is 0 Å². The van der Waals surface area contributed by atoms with Crippen LogP contribution in [0.15, 0.2) is 84.9 Å². The van der Waals surface area contributed by atoms with Crippen LogP contribution in [0.2, 0.25) is 0 Å². The van der Waals surface area contributed by atoms with E-state index in [0.717, 1.165) is 0 Å². The van der Waals surface area contributed by atoms with E-state index in [4.69, 9.17) is 0 Å². The van der Waals surface area contributed by atoms with Crippen molar-refractivity contribution in [2.75, 3.05) is 0 Å². The maximum Gasteiger partial charge on any atom is 0.0568 e. The predicted molar refractivity (Wildman–Crippen MR) is 120 cm³/mol. The molecule has 28 heavy (non-hydrogen) atoms. The highest BCUT2D eigenvalue weighted by atomic mass is 14.9. The zero-order chi connectivity index (χ0) is 18.8. The Hall–Kier alpha value is -3.52. The fraction of sp³-hybridized carbons (Fsp3) is 0.0769. The number of aryl methyl sites for hydroxylation is 2. The number of hydrogen-bond donors (Lipinski definition) is 0. The first-order valence-corrected chi connectivity index (χ1v) is 9.68. The molecule has 0 saturated heterocycles. The Balaban J connectivity index is 1.71. The molecule has 134 valence electrons. The van der Waals surface area contributed by atoms with Gasteiger partial charge in [-0.05, 0) is 23.8 Å². The summed E-state index contributed by atoms with van der Waals surface area (Å²) in [6.07, 6.45) is 0. The third kappa shape index (κ3) is 1.92. The summed E-state index contributed by atoms with van der Waals surface area (Å²) in [6.45, 7) is 0. The Morgan fingerprint density at radius 2 is 1.11 bits per heavy atom. The van der Waals surface area contributed by atoms with Crippen LogP contribution in [0.1, 0.15) is 0 Å². The molecule has 0 aliphatic heterocycles. The molecule has 6 rings (SSSR count). The van der Waals surface area contributed by atoms with E-state index in [-0.39, 0.29) is 0 Å². The molecule has 2 aromatic heterocycles. The normalized spacial score (nSPS) is 11.9. The summed E-state index contributed by atoms with van der Waals surface area (Å²) in [4.78, 5) is 0. The first-order chi connectivity index (χ1) is 13.7. The summed E-state index contributed by atoms with van der Waals surface area (Å²) in [7, 11) is 4.33. The summed E-state index contributed by atoms with van der Waals surface area (Å²) in [5.41, 5.74) is 7.66. The number of benzene rings is 4. The molecular formula is C26H20N2. The van der Waals surface area contributed by atoms with Gasteiger partial charge in [-0.1, -0.05) is 66.7 Å². The van der Waals surface area contributed by atoms with Crippen molar-refractivity contribution < 1.29 is 0 Å². The number of rotatable bonds is 1. The minimum atomic E-state index is 1.26. The Morgan fingerprint density at radius 3 is 1.89 bits per heavy atom. The van der Waals surface area contributed by atoms with Crippen molar-refractivity contribution in [3.05, 3.63) is 84.9 Å². The predicted octanol–water partition coefficient (Wildman–Crippen LogP) is 6.64. The standard InChI is InChI=1S/C26H20N2/c1-27-23-12-5-3-8-19(23)21-15-14-17(16-25(21)27)18-10-7-11-22-20-9-4-6-13-24(20)28(2)26(18)22/h3-16H,1-2H3. The lowest BCUT2D eigenvalue weighted by Gasteiger charge is -2.08. The first kappa shape index (κ1) is 15.5. The quantitative estimate of drug-likeness (QED) is 0.311. The number of nitrogens with zero attached hydrogens (tertiary/aromatic N) is 2. The van der Waals surface area contributed by atoms with Crippen LogP contribution in [0.25, 0.3) is 54.7 Å². The minimum Gasteiger partial charge on any atom is -0.344 e. The fourth-order valence-electron chi connectivity index (χ4n) is 4.80. The second-order valence-corrected chi connectivity index (χ2v) is 7.59. The van der Waals surface area contributed by atoms with E-state index >= 15 is 0 Å². The van der Waals surface area contributed by atoms with Crippen LogP contribution in [-0.4, -0.2) is 9.13 Å². The van der Waals surface area contributed by atoms with E-state index in [0.29, 0.717) is 0 Å². The highest BCUT2D eigenvalue weighted by Crippen LogP contribution is 2.37. The van der Waals surface area contributed by atoms with Gasteiger partial charge < -0.3 is 9.13 Å². The maximum atomic E-state index is 2.34. The Morgan fingerprint density at radius 1 is 0.500 bits per heavy atom. The van der Waals surface area contributed by atoms with E-state index in [2.05, 4.69) is 108 Å². The molecule has 2 heterocycles. The van der Waals surface area contributed by atoms with Crippen molar-refractivity contribution in [3.8, 4) is 11.1 Å². The van der Waals surface area contributed by atoms with Gasteiger partial charge in [0.2, 0.25) is 0 Å². The topological polar surface area (TPSA) is 9.86 Å². The van der Waals surface area contributed by atoms with E-state index in [1.165, 1.54) is 54.7 Å². The molecule has 4 aromatic carbocycles. The van der Waals surface area contributed by atoms with Crippen LogP contribution in [0, 0.1) is 0 Å². The molecule has 0 aliphatic rings. The first-order valence-electron chi connectivity index (χ1n) is 9.68. The molecule has 6 aromatic rings. The lowest BCUT2D eigenvalue weighted by molar-refractivity contribution is 1.01. The van der Waals surface area contributed by atoms with Crippen LogP contribution >= 0.6 is 0 Å². The van der Waals surface area contributed by atoms with Gasteiger partial charge in [-0.2, -0.15) is 0 Å².